The first-order valence-electron chi connectivity index (χ1n) is 5.34. The Morgan fingerprint density at radius 3 is 2.50 bits per heavy atom. The Kier molecular flexibility index (Phi) is 5.25. The highest BCUT2D eigenvalue weighted by atomic mass is 79.9. The minimum atomic E-state index is 0.167. The Labute approximate surface area is 111 Å². The van der Waals surface area contributed by atoms with Gasteiger partial charge < -0.3 is 5.73 Å². The highest BCUT2D eigenvalue weighted by molar-refractivity contribution is 9.10. The fraction of sp³-hybridized carbons (Fsp3) is 0.500. The fourth-order valence-electron chi connectivity index (χ4n) is 1.64. The summed E-state index contributed by atoms with van der Waals surface area (Å²) in [5, 5.41) is 0.761. The van der Waals surface area contributed by atoms with Crippen LogP contribution in [-0.2, 0) is 0 Å². The van der Waals surface area contributed by atoms with Crippen molar-refractivity contribution in [3.05, 3.63) is 33.3 Å². The van der Waals surface area contributed by atoms with Crippen LogP contribution in [0.1, 0.15) is 25.5 Å². The molecule has 1 aromatic carbocycles. The Morgan fingerprint density at radius 1 is 1.44 bits per heavy atom. The zero-order chi connectivity index (χ0) is 12.3. The van der Waals surface area contributed by atoms with Crippen molar-refractivity contribution >= 4 is 27.5 Å². The summed E-state index contributed by atoms with van der Waals surface area (Å²) in [6.07, 6.45) is 0. The smallest absolute Gasteiger partial charge is 0.0484 e. The predicted molar refractivity (Wildman–Crippen MR) is 73.8 cm³/mol. The van der Waals surface area contributed by atoms with E-state index >= 15 is 0 Å². The molecule has 0 saturated carbocycles. The van der Waals surface area contributed by atoms with Crippen molar-refractivity contribution in [2.24, 2.45) is 5.73 Å². The van der Waals surface area contributed by atoms with Gasteiger partial charge >= 0.3 is 0 Å². The molecule has 0 aliphatic carbocycles. The minimum Gasteiger partial charge on any atom is -0.329 e. The molecule has 0 heterocycles. The number of nitrogens with two attached hydrogens (primary N) is 1. The summed E-state index contributed by atoms with van der Waals surface area (Å²) in [7, 11) is 2.07. The zero-order valence-corrected chi connectivity index (χ0v) is 12.2. The SMILES string of the molecule is CC(C)N(C)C(CN)c1ccc(Br)cc1Cl. The van der Waals surface area contributed by atoms with Crippen LogP contribution in [0.25, 0.3) is 0 Å². The Morgan fingerprint density at radius 2 is 2.06 bits per heavy atom. The van der Waals surface area contributed by atoms with Gasteiger partial charge in [-0.05, 0) is 38.6 Å². The summed E-state index contributed by atoms with van der Waals surface area (Å²) in [4.78, 5) is 2.23. The molecule has 0 saturated heterocycles. The van der Waals surface area contributed by atoms with E-state index in [1.165, 1.54) is 0 Å². The molecule has 4 heteroatoms. The van der Waals surface area contributed by atoms with E-state index in [1.54, 1.807) is 0 Å². The molecular weight excluding hydrogens is 288 g/mol. The van der Waals surface area contributed by atoms with E-state index < -0.39 is 0 Å². The van der Waals surface area contributed by atoms with Gasteiger partial charge in [-0.3, -0.25) is 4.90 Å². The number of rotatable bonds is 4. The van der Waals surface area contributed by atoms with Gasteiger partial charge in [0.15, 0.2) is 0 Å². The first-order chi connectivity index (χ1) is 7.47. The quantitative estimate of drug-likeness (QED) is 0.923. The van der Waals surface area contributed by atoms with E-state index in [4.69, 9.17) is 17.3 Å². The van der Waals surface area contributed by atoms with Crippen LogP contribution in [0.15, 0.2) is 22.7 Å². The molecule has 1 unspecified atom stereocenters. The molecule has 1 rings (SSSR count). The average molecular weight is 306 g/mol. The van der Waals surface area contributed by atoms with Crippen LogP contribution in [0.4, 0.5) is 0 Å². The van der Waals surface area contributed by atoms with Crippen molar-refractivity contribution in [3.63, 3.8) is 0 Å². The third-order valence-electron chi connectivity index (χ3n) is 2.85. The number of nitrogens with zero attached hydrogens (tertiary/aromatic N) is 1. The fourth-order valence-corrected chi connectivity index (χ4v) is 2.44. The van der Waals surface area contributed by atoms with Crippen LogP contribution in [0.5, 0.6) is 0 Å². The lowest BCUT2D eigenvalue weighted by molar-refractivity contribution is 0.201. The zero-order valence-electron chi connectivity index (χ0n) is 9.87. The Balaban J connectivity index is 3.04. The molecule has 0 bridgehead atoms. The predicted octanol–water partition coefficient (Wildman–Crippen LogP) is 3.44. The monoisotopic (exact) mass is 304 g/mol. The molecule has 2 nitrogen and oxygen atoms in total. The Bertz CT molecular complexity index is 355. The van der Waals surface area contributed by atoms with Crippen molar-refractivity contribution in [1.29, 1.82) is 0 Å². The second-order valence-corrected chi connectivity index (χ2v) is 5.50. The van der Waals surface area contributed by atoms with Gasteiger partial charge in [0.05, 0.1) is 0 Å². The number of benzene rings is 1. The van der Waals surface area contributed by atoms with Crippen molar-refractivity contribution in [2.45, 2.75) is 25.9 Å². The molecule has 0 amide bonds. The number of hydrogen-bond acceptors (Lipinski definition) is 2. The highest BCUT2D eigenvalue weighted by Crippen LogP contribution is 2.29. The van der Waals surface area contributed by atoms with Gasteiger partial charge in [-0.1, -0.05) is 33.6 Å². The van der Waals surface area contributed by atoms with Crippen molar-refractivity contribution < 1.29 is 0 Å². The van der Waals surface area contributed by atoms with Crippen molar-refractivity contribution in [3.8, 4) is 0 Å². The molecule has 90 valence electrons. The van der Waals surface area contributed by atoms with Gasteiger partial charge in [-0.2, -0.15) is 0 Å². The topological polar surface area (TPSA) is 29.3 Å². The summed E-state index contributed by atoms with van der Waals surface area (Å²) in [6.45, 7) is 4.86. The molecule has 2 N–H and O–H groups in total. The lowest BCUT2D eigenvalue weighted by Gasteiger charge is -2.31. The molecule has 0 spiro atoms. The molecule has 0 radical (unpaired) electrons. The van der Waals surface area contributed by atoms with Crippen LogP contribution in [-0.4, -0.2) is 24.5 Å². The maximum Gasteiger partial charge on any atom is 0.0484 e. The Hall–Kier alpha value is -0.0900. The number of likely N-dealkylation sites (N-methyl/N-ethyl adjacent to an activating group) is 1. The molecule has 1 aromatic rings. The van der Waals surface area contributed by atoms with Crippen LogP contribution >= 0.6 is 27.5 Å². The first kappa shape index (κ1) is 14.0. The minimum absolute atomic E-state index is 0.167. The van der Waals surface area contributed by atoms with Gasteiger partial charge in [-0.15, -0.1) is 0 Å². The summed E-state index contributed by atoms with van der Waals surface area (Å²) in [5.74, 6) is 0. The van der Waals surface area contributed by atoms with Crippen LogP contribution in [0.3, 0.4) is 0 Å². The van der Waals surface area contributed by atoms with Gasteiger partial charge in [0.1, 0.15) is 0 Å². The summed E-state index contributed by atoms with van der Waals surface area (Å²) in [6, 6.07) is 6.54. The normalized spacial score (nSPS) is 13.5. The standard InChI is InChI=1S/C12H18BrClN2/c1-8(2)16(3)12(7-15)10-5-4-9(13)6-11(10)14/h4-6,8,12H,7,15H2,1-3H3. The molecule has 16 heavy (non-hydrogen) atoms. The second-order valence-electron chi connectivity index (χ2n) is 4.18. The van der Waals surface area contributed by atoms with Gasteiger partial charge in [-0.25, -0.2) is 0 Å². The lowest BCUT2D eigenvalue weighted by Crippen LogP contribution is -2.35. The van der Waals surface area contributed by atoms with Gasteiger partial charge in [0.25, 0.3) is 0 Å². The maximum absolute atomic E-state index is 6.24. The van der Waals surface area contributed by atoms with Gasteiger partial charge in [0.2, 0.25) is 0 Å². The summed E-state index contributed by atoms with van der Waals surface area (Å²) >= 11 is 9.64. The summed E-state index contributed by atoms with van der Waals surface area (Å²) < 4.78 is 0.990. The van der Waals surface area contributed by atoms with E-state index in [0.717, 1.165) is 15.1 Å². The van der Waals surface area contributed by atoms with E-state index in [1.807, 2.05) is 18.2 Å². The molecule has 0 aromatic heterocycles. The largest absolute Gasteiger partial charge is 0.329 e. The van der Waals surface area contributed by atoms with E-state index in [2.05, 4.69) is 41.7 Å². The molecule has 0 aliphatic rings. The highest BCUT2D eigenvalue weighted by Gasteiger charge is 2.20. The number of halogens is 2. The second kappa shape index (κ2) is 6.01. The third kappa shape index (κ3) is 3.20. The maximum atomic E-state index is 6.24. The third-order valence-corrected chi connectivity index (χ3v) is 3.67. The molecular formula is C12H18BrClN2. The van der Waals surface area contributed by atoms with E-state index in [-0.39, 0.29) is 6.04 Å². The van der Waals surface area contributed by atoms with Crippen LogP contribution in [0.2, 0.25) is 5.02 Å². The molecule has 1 atom stereocenters. The van der Waals surface area contributed by atoms with Gasteiger partial charge in [0, 0.05) is 28.1 Å². The first-order valence-corrected chi connectivity index (χ1v) is 6.51. The molecule has 0 aliphatic heterocycles. The van der Waals surface area contributed by atoms with Crippen molar-refractivity contribution in [2.75, 3.05) is 13.6 Å². The summed E-state index contributed by atoms with van der Waals surface area (Å²) in [5.41, 5.74) is 6.93. The lowest BCUT2D eigenvalue weighted by atomic mass is 10.0. The van der Waals surface area contributed by atoms with Crippen LogP contribution in [0, 0.1) is 0 Å². The van der Waals surface area contributed by atoms with E-state index in [9.17, 15) is 0 Å². The van der Waals surface area contributed by atoms with Crippen LogP contribution < -0.4 is 5.73 Å². The van der Waals surface area contributed by atoms with E-state index in [0.29, 0.717) is 12.6 Å². The average Bonchev–Trinajstić information content (AvgIpc) is 2.21. The molecule has 0 fully saturated rings. The number of hydrogen-bond donors (Lipinski definition) is 1. The van der Waals surface area contributed by atoms with Crippen molar-refractivity contribution in [1.82, 2.24) is 4.90 Å².